The Morgan fingerprint density at radius 1 is 1.59 bits per heavy atom. The zero-order chi connectivity index (χ0) is 12.6. The number of rotatable bonds is 2. The van der Waals surface area contributed by atoms with E-state index in [4.69, 9.17) is 15.3 Å². The molecule has 0 aliphatic carbocycles. The topological polar surface area (TPSA) is 96.8 Å². The molecule has 6 heteroatoms. The summed E-state index contributed by atoms with van der Waals surface area (Å²) in [5.74, 6) is -0.776. The second-order valence-corrected chi connectivity index (χ2v) is 4.33. The standard InChI is InChI=1S/C11H14N2O4/c1-7-8(2-5-17-7)9(14)13-4-3-11(12,6-13)10(15)16/h2,5H,3-4,6,12H2,1H3,(H,15,16). The van der Waals surface area contributed by atoms with Gasteiger partial charge in [-0.15, -0.1) is 0 Å². The summed E-state index contributed by atoms with van der Waals surface area (Å²) < 4.78 is 5.05. The Labute approximate surface area is 98.0 Å². The van der Waals surface area contributed by atoms with E-state index in [1.165, 1.54) is 11.2 Å². The van der Waals surface area contributed by atoms with Gasteiger partial charge in [-0.1, -0.05) is 0 Å². The average molecular weight is 238 g/mol. The molecule has 0 aromatic carbocycles. The first-order valence-corrected chi connectivity index (χ1v) is 5.30. The van der Waals surface area contributed by atoms with Crippen molar-refractivity contribution in [3.05, 3.63) is 23.7 Å². The van der Waals surface area contributed by atoms with Crippen LogP contribution in [0.4, 0.5) is 0 Å². The molecule has 6 nitrogen and oxygen atoms in total. The number of carboxylic acids is 1. The smallest absolute Gasteiger partial charge is 0.325 e. The predicted molar refractivity (Wildman–Crippen MR) is 58.5 cm³/mol. The van der Waals surface area contributed by atoms with Crippen LogP contribution in [0.5, 0.6) is 0 Å². The van der Waals surface area contributed by atoms with Crippen molar-refractivity contribution in [3.8, 4) is 0 Å². The van der Waals surface area contributed by atoms with Crippen molar-refractivity contribution in [3.63, 3.8) is 0 Å². The molecule has 2 heterocycles. The number of carboxylic acid groups (broad SMARTS) is 1. The lowest BCUT2D eigenvalue weighted by molar-refractivity contribution is -0.142. The minimum Gasteiger partial charge on any atom is -0.480 e. The van der Waals surface area contributed by atoms with E-state index < -0.39 is 11.5 Å². The Bertz CT molecular complexity index is 468. The zero-order valence-electron chi connectivity index (χ0n) is 9.47. The van der Waals surface area contributed by atoms with Gasteiger partial charge in [0, 0.05) is 13.1 Å². The average Bonchev–Trinajstić information content (AvgIpc) is 2.85. The van der Waals surface area contributed by atoms with Crippen molar-refractivity contribution in [2.75, 3.05) is 13.1 Å². The number of nitrogens with two attached hydrogens (primary N) is 1. The first kappa shape index (κ1) is 11.7. The normalized spacial score (nSPS) is 24.0. The number of furan rings is 1. The molecule has 3 N–H and O–H groups in total. The number of hydrogen-bond acceptors (Lipinski definition) is 4. The molecule has 1 saturated heterocycles. The van der Waals surface area contributed by atoms with E-state index in [-0.39, 0.29) is 18.9 Å². The van der Waals surface area contributed by atoms with Gasteiger partial charge in [-0.25, -0.2) is 0 Å². The van der Waals surface area contributed by atoms with E-state index in [1.54, 1.807) is 13.0 Å². The van der Waals surface area contributed by atoms with Crippen LogP contribution in [-0.4, -0.2) is 40.5 Å². The highest BCUT2D eigenvalue weighted by Crippen LogP contribution is 2.22. The van der Waals surface area contributed by atoms with E-state index in [0.717, 1.165) is 0 Å². The summed E-state index contributed by atoms with van der Waals surface area (Å²) in [6.07, 6.45) is 1.70. The van der Waals surface area contributed by atoms with Crippen molar-refractivity contribution < 1.29 is 19.1 Å². The van der Waals surface area contributed by atoms with Gasteiger partial charge in [0.15, 0.2) is 0 Å². The van der Waals surface area contributed by atoms with Crippen LogP contribution < -0.4 is 5.73 Å². The van der Waals surface area contributed by atoms with Crippen LogP contribution in [0, 0.1) is 6.92 Å². The maximum Gasteiger partial charge on any atom is 0.325 e. The van der Waals surface area contributed by atoms with Gasteiger partial charge < -0.3 is 20.2 Å². The summed E-state index contributed by atoms with van der Waals surface area (Å²) in [5.41, 5.74) is 4.84. The van der Waals surface area contributed by atoms with Crippen LogP contribution in [0.1, 0.15) is 22.5 Å². The molecule has 0 bridgehead atoms. The summed E-state index contributed by atoms with van der Waals surface area (Å²) >= 11 is 0. The molecule has 0 spiro atoms. The summed E-state index contributed by atoms with van der Waals surface area (Å²) in [6.45, 7) is 2.08. The van der Waals surface area contributed by atoms with Crippen molar-refractivity contribution in [2.45, 2.75) is 18.9 Å². The molecule has 1 aromatic rings. The predicted octanol–water partition coefficient (Wildman–Crippen LogP) is 0.216. The number of hydrogen-bond donors (Lipinski definition) is 2. The summed E-state index contributed by atoms with van der Waals surface area (Å²) in [6, 6.07) is 1.58. The maximum absolute atomic E-state index is 12.1. The Morgan fingerprint density at radius 2 is 2.29 bits per heavy atom. The number of aryl methyl sites for hydroxylation is 1. The summed E-state index contributed by atoms with van der Waals surface area (Å²) in [7, 11) is 0. The molecular weight excluding hydrogens is 224 g/mol. The molecule has 0 saturated carbocycles. The van der Waals surface area contributed by atoms with Crippen molar-refractivity contribution in [2.24, 2.45) is 5.73 Å². The van der Waals surface area contributed by atoms with Gasteiger partial charge in [-0.3, -0.25) is 9.59 Å². The first-order valence-electron chi connectivity index (χ1n) is 5.30. The minimum atomic E-state index is -1.33. The molecule has 17 heavy (non-hydrogen) atoms. The van der Waals surface area contributed by atoms with Crippen molar-refractivity contribution in [1.29, 1.82) is 0 Å². The third-order valence-corrected chi connectivity index (χ3v) is 3.10. The van der Waals surface area contributed by atoms with Crippen LogP contribution in [0.3, 0.4) is 0 Å². The van der Waals surface area contributed by atoms with E-state index in [1.807, 2.05) is 0 Å². The van der Waals surface area contributed by atoms with E-state index in [2.05, 4.69) is 0 Å². The van der Waals surface area contributed by atoms with Gasteiger partial charge in [-0.2, -0.15) is 0 Å². The van der Waals surface area contributed by atoms with Gasteiger partial charge in [0.25, 0.3) is 5.91 Å². The molecule has 1 aromatic heterocycles. The highest BCUT2D eigenvalue weighted by atomic mass is 16.4. The van der Waals surface area contributed by atoms with E-state index in [9.17, 15) is 9.59 Å². The second-order valence-electron chi connectivity index (χ2n) is 4.33. The van der Waals surface area contributed by atoms with Gasteiger partial charge in [-0.05, 0) is 19.4 Å². The lowest BCUT2D eigenvalue weighted by atomic mass is 10.0. The highest BCUT2D eigenvalue weighted by Gasteiger charge is 2.43. The Morgan fingerprint density at radius 3 is 2.76 bits per heavy atom. The van der Waals surface area contributed by atoms with Crippen LogP contribution in [-0.2, 0) is 4.79 Å². The lowest BCUT2D eigenvalue weighted by Gasteiger charge is -2.19. The molecule has 1 fully saturated rings. The fourth-order valence-corrected chi connectivity index (χ4v) is 1.96. The molecule has 92 valence electrons. The zero-order valence-corrected chi connectivity index (χ0v) is 9.47. The molecule has 0 radical (unpaired) electrons. The minimum absolute atomic E-state index is 0.0335. The van der Waals surface area contributed by atoms with Crippen LogP contribution in [0.15, 0.2) is 16.7 Å². The fraction of sp³-hybridized carbons (Fsp3) is 0.455. The number of likely N-dealkylation sites (tertiary alicyclic amines) is 1. The van der Waals surface area contributed by atoms with Gasteiger partial charge in [0.1, 0.15) is 11.3 Å². The van der Waals surface area contributed by atoms with Crippen molar-refractivity contribution in [1.82, 2.24) is 4.90 Å². The maximum atomic E-state index is 12.1. The SMILES string of the molecule is Cc1occc1C(=O)N1CCC(N)(C(=O)O)C1. The molecular formula is C11H14N2O4. The Hall–Kier alpha value is -1.82. The number of carbonyl (C=O) groups is 2. The molecule has 1 unspecified atom stereocenters. The van der Waals surface area contributed by atoms with E-state index in [0.29, 0.717) is 17.9 Å². The largest absolute Gasteiger partial charge is 0.480 e. The third-order valence-electron chi connectivity index (χ3n) is 3.10. The number of amides is 1. The highest BCUT2D eigenvalue weighted by molar-refractivity contribution is 5.96. The molecule has 1 aliphatic heterocycles. The molecule has 1 amide bonds. The second kappa shape index (κ2) is 3.89. The number of nitrogens with zero attached hydrogens (tertiary/aromatic N) is 1. The summed E-state index contributed by atoms with van der Waals surface area (Å²) in [5, 5.41) is 8.98. The van der Waals surface area contributed by atoms with Crippen LogP contribution in [0.25, 0.3) is 0 Å². The number of aliphatic carboxylic acids is 1. The van der Waals surface area contributed by atoms with Crippen LogP contribution in [0.2, 0.25) is 0 Å². The fourth-order valence-electron chi connectivity index (χ4n) is 1.96. The quantitative estimate of drug-likeness (QED) is 0.768. The Balaban J connectivity index is 2.15. The van der Waals surface area contributed by atoms with Crippen LogP contribution >= 0.6 is 0 Å². The van der Waals surface area contributed by atoms with Gasteiger partial charge in [0.05, 0.1) is 11.8 Å². The van der Waals surface area contributed by atoms with E-state index >= 15 is 0 Å². The van der Waals surface area contributed by atoms with Crippen molar-refractivity contribution >= 4 is 11.9 Å². The summed E-state index contributed by atoms with van der Waals surface area (Å²) in [4.78, 5) is 24.5. The first-order chi connectivity index (χ1) is 7.94. The molecule has 1 aliphatic rings. The van der Waals surface area contributed by atoms with Gasteiger partial charge in [0.2, 0.25) is 0 Å². The molecule has 1 atom stereocenters. The van der Waals surface area contributed by atoms with Gasteiger partial charge >= 0.3 is 5.97 Å². The lowest BCUT2D eigenvalue weighted by Crippen LogP contribution is -2.50. The number of carbonyl (C=O) groups excluding carboxylic acids is 1. The monoisotopic (exact) mass is 238 g/mol. The Kier molecular flexibility index (Phi) is 2.66. The third kappa shape index (κ3) is 1.91. The molecule has 2 rings (SSSR count).